The van der Waals surface area contributed by atoms with Gasteiger partial charge in [-0.25, -0.2) is 4.79 Å². The van der Waals surface area contributed by atoms with Gasteiger partial charge < -0.3 is 19.4 Å². The second kappa shape index (κ2) is 12.1. The SMILES string of the molecule is CCOC(=O)c1c(NC(=O)CSCC(=O)N=c2sc3cc(C)ccc3n2CC(=O)OC)sc2c1CCC2. The Bertz CT molecular complexity index is 1440. The first-order chi connectivity index (χ1) is 17.8. The zero-order chi connectivity index (χ0) is 26.5. The maximum Gasteiger partial charge on any atom is 0.341 e. The zero-order valence-corrected chi connectivity index (χ0v) is 23.2. The van der Waals surface area contributed by atoms with E-state index in [0.717, 1.165) is 57.2 Å². The first kappa shape index (κ1) is 27.1. The fraction of sp³-hybridized carbons (Fsp3) is 0.400. The normalized spacial score (nSPS) is 13.0. The molecule has 196 valence electrons. The van der Waals surface area contributed by atoms with Gasteiger partial charge >= 0.3 is 11.9 Å². The molecule has 1 N–H and O–H groups in total. The summed E-state index contributed by atoms with van der Waals surface area (Å²) in [5, 5.41) is 3.33. The van der Waals surface area contributed by atoms with Crippen molar-refractivity contribution in [1.82, 2.24) is 4.57 Å². The average molecular weight is 562 g/mol. The average Bonchev–Trinajstić information content (AvgIpc) is 3.52. The molecule has 2 heterocycles. The number of nitrogens with one attached hydrogen (secondary N) is 1. The number of benzene rings is 1. The predicted molar refractivity (Wildman–Crippen MR) is 145 cm³/mol. The Morgan fingerprint density at radius 2 is 1.97 bits per heavy atom. The van der Waals surface area contributed by atoms with Crippen LogP contribution in [0.3, 0.4) is 0 Å². The summed E-state index contributed by atoms with van der Waals surface area (Å²) in [7, 11) is 1.31. The molecular weight excluding hydrogens is 534 g/mol. The van der Waals surface area contributed by atoms with Crippen molar-refractivity contribution in [3.63, 3.8) is 0 Å². The minimum Gasteiger partial charge on any atom is -0.468 e. The Morgan fingerprint density at radius 3 is 2.73 bits per heavy atom. The van der Waals surface area contributed by atoms with E-state index in [0.29, 0.717) is 15.4 Å². The summed E-state index contributed by atoms with van der Waals surface area (Å²) in [6, 6.07) is 5.79. The lowest BCUT2D eigenvalue weighted by atomic mass is 10.1. The molecule has 12 heteroatoms. The summed E-state index contributed by atoms with van der Waals surface area (Å²) in [5.74, 6) is -1.56. The number of methoxy groups -OCH3 is 1. The number of carbonyl (C=O) groups is 4. The van der Waals surface area contributed by atoms with Crippen molar-refractivity contribution in [2.45, 2.75) is 39.7 Å². The highest BCUT2D eigenvalue weighted by Gasteiger charge is 2.28. The van der Waals surface area contributed by atoms with Gasteiger partial charge in [-0.15, -0.1) is 23.1 Å². The molecule has 9 nitrogen and oxygen atoms in total. The number of esters is 2. The Hall–Kier alpha value is -2.96. The molecule has 4 rings (SSSR count). The molecule has 1 aliphatic rings. The second-order valence-corrected chi connectivity index (χ2v) is 11.4. The number of thiophene rings is 1. The summed E-state index contributed by atoms with van der Waals surface area (Å²) in [5.41, 5.74) is 3.28. The van der Waals surface area contributed by atoms with Crippen molar-refractivity contribution in [2.24, 2.45) is 4.99 Å². The number of amides is 2. The molecule has 1 aromatic carbocycles. The fourth-order valence-corrected chi connectivity index (χ4v) is 7.09. The van der Waals surface area contributed by atoms with Crippen LogP contribution in [0.25, 0.3) is 10.2 Å². The molecule has 1 aliphatic carbocycles. The van der Waals surface area contributed by atoms with Crippen LogP contribution in [0.1, 0.15) is 39.7 Å². The van der Waals surface area contributed by atoms with E-state index in [1.165, 1.54) is 29.8 Å². The molecular formula is C25H27N3O6S3. The number of rotatable bonds is 9. The number of ether oxygens (including phenoxy) is 2. The number of thioether (sulfide) groups is 1. The van der Waals surface area contributed by atoms with Crippen LogP contribution >= 0.6 is 34.4 Å². The Morgan fingerprint density at radius 1 is 1.16 bits per heavy atom. The van der Waals surface area contributed by atoms with E-state index >= 15 is 0 Å². The molecule has 0 bridgehead atoms. The quantitative estimate of drug-likeness (QED) is 0.396. The van der Waals surface area contributed by atoms with Gasteiger partial charge in [0.1, 0.15) is 11.5 Å². The van der Waals surface area contributed by atoms with Gasteiger partial charge in [0, 0.05) is 4.88 Å². The Labute approximate surface area is 225 Å². The molecule has 3 aromatic rings. The third-order valence-electron chi connectivity index (χ3n) is 5.69. The lowest BCUT2D eigenvalue weighted by Gasteiger charge is -2.07. The van der Waals surface area contributed by atoms with Crippen LogP contribution in [-0.2, 0) is 43.2 Å². The highest BCUT2D eigenvalue weighted by Crippen LogP contribution is 2.39. The van der Waals surface area contributed by atoms with Gasteiger partial charge in [-0.3, -0.25) is 14.4 Å². The topological polar surface area (TPSA) is 116 Å². The second-order valence-electron chi connectivity index (χ2n) is 8.35. The van der Waals surface area contributed by atoms with Gasteiger partial charge in [-0.2, -0.15) is 4.99 Å². The first-order valence-corrected chi connectivity index (χ1v) is 14.5. The van der Waals surface area contributed by atoms with Gasteiger partial charge in [0.05, 0.1) is 41.0 Å². The van der Waals surface area contributed by atoms with Crippen LogP contribution in [0.4, 0.5) is 5.00 Å². The molecule has 37 heavy (non-hydrogen) atoms. The van der Waals surface area contributed by atoms with Gasteiger partial charge in [0.2, 0.25) is 5.91 Å². The van der Waals surface area contributed by atoms with Crippen LogP contribution in [0.2, 0.25) is 0 Å². The molecule has 0 fully saturated rings. The summed E-state index contributed by atoms with van der Waals surface area (Å²) in [6.45, 7) is 3.91. The Kier molecular flexibility index (Phi) is 8.83. The lowest BCUT2D eigenvalue weighted by Crippen LogP contribution is -2.23. The van der Waals surface area contributed by atoms with E-state index < -0.39 is 17.8 Å². The van der Waals surface area contributed by atoms with Crippen LogP contribution in [0.15, 0.2) is 23.2 Å². The minimum atomic E-state index is -0.443. The molecule has 0 atom stereocenters. The lowest BCUT2D eigenvalue weighted by molar-refractivity contribution is -0.141. The van der Waals surface area contributed by atoms with Crippen LogP contribution in [0, 0.1) is 6.92 Å². The summed E-state index contributed by atoms with van der Waals surface area (Å²) < 4.78 is 12.6. The number of aryl methyl sites for hydroxylation is 2. The van der Waals surface area contributed by atoms with Crippen molar-refractivity contribution >= 4 is 73.4 Å². The standard InChI is InChI=1S/C25H27N3O6S3/c1-4-34-24(32)22-15-6-5-7-17(15)36-23(22)26-19(29)12-35-13-20(30)27-25-28(11-21(31)33-3)16-9-8-14(2)10-18(16)37-25/h8-10H,4-7,11-13H2,1-3H3,(H,26,29). The van der Waals surface area contributed by atoms with E-state index in [9.17, 15) is 19.2 Å². The van der Waals surface area contributed by atoms with Gasteiger partial charge in [-0.1, -0.05) is 17.4 Å². The van der Waals surface area contributed by atoms with Crippen LogP contribution in [-0.4, -0.2) is 53.5 Å². The highest BCUT2D eigenvalue weighted by molar-refractivity contribution is 8.00. The number of hydrogen-bond donors (Lipinski definition) is 1. The van der Waals surface area contributed by atoms with Gasteiger partial charge in [0.25, 0.3) is 5.91 Å². The predicted octanol–water partition coefficient (Wildman–Crippen LogP) is 3.71. The first-order valence-electron chi connectivity index (χ1n) is 11.7. The largest absolute Gasteiger partial charge is 0.468 e. The van der Waals surface area contributed by atoms with Gasteiger partial charge in [-0.05, 0) is 56.4 Å². The van der Waals surface area contributed by atoms with E-state index in [4.69, 9.17) is 9.47 Å². The van der Waals surface area contributed by atoms with Crippen molar-refractivity contribution < 1.29 is 28.7 Å². The maximum atomic E-state index is 12.6. The van der Waals surface area contributed by atoms with Crippen LogP contribution in [0.5, 0.6) is 0 Å². The summed E-state index contributed by atoms with van der Waals surface area (Å²) in [4.78, 5) is 55.3. The number of nitrogens with zero attached hydrogens (tertiary/aromatic N) is 2. The molecule has 0 unspecified atom stereocenters. The number of thiazole rings is 1. The fourth-order valence-electron chi connectivity index (χ4n) is 4.06. The smallest absolute Gasteiger partial charge is 0.341 e. The molecule has 0 saturated carbocycles. The van der Waals surface area contributed by atoms with Crippen molar-refractivity contribution in [2.75, 3.05) is 30.5 Å². The van der Waals surface area contributed by atoms with Crippen molar-refractivity contribution in [3.05, 3.63) is 44.6 Å². The number of hydrogen-bond acceptors (Lipinski definition) is 9. The van der Waals surface area contributed by atoms with Crippen LogP contribution < -0.4 is 10.1 Å². The summed E-state index contributed by atoms with van der Waals surface area (Å²) in [6.07, 6.45) is 2.68. The zero-order valence-electron chi connectivity index (χ0n) is 20.8. The van der Waals surface area contributed by atoms with Crippen molar-refractivity contribution in [3.8, 4) is 0 Å². The number of anilines is 1. The third-order valence-corrected chi connectivity index (χ3v) is 8.85. The van der Waals surface area contributed by atoms with E-state index in [1.807, 2.05) is 25.1 Å². The molecule has 0 aliphatic heterocycles. The maximum absolute atomic E-state index is 12.6. The molecule has 0 spiro atoms. The number of aromatic nitrogens is 1. The minimum absolute atomic E-state index is 0.00933. The molecule has 2 amide bonds. The van der Waals surface area contributed by atoms with Gasteiger partial charge in [0.15, 0.2) is 4.80 Å². The number of fused-ring (bicyclic) bond motifs is 2. The van der Waals surface area contributed by atoms with E-state index in [2.05, 4.69) is 10.3 Å². The highest BCUT2D eigenvalue weighted by atomic mass is 32.2. The molecule has 0 saturated heterocycles. The van der Waals surface area contributed by atoms with E-state index in [-0.39, 0.29) is 30.6 Å². The Balaban J connectivity index is 1.42. The summed E-state index contributed by atoms with van der Waals surface area (Å²) >= 11 is 3.87. The molecule has 0 radical (unpaired) electrons. The third kappa shape index (κ3) is 6.31. The molecule has 2 aromatic heterocycles. The monoisotopic (exact) mass is 561 g/mol. The van der Waals surface area contributed by atoms with E-state index in [1.54, 1.807) is 11.5 Å². The number of carbonyl (C=O) groups excluding carboxylic acids is 4. The van der Waals surface area contributed by atoms with Crippen molar-refractivity contribution in [1.29, 1.82) is 0 Å².